The van der Waals surface area contributed by atoms with Crippen molar-refractivity contribution in [1.29, 1.82) is 10.8 Å². The Morgan fingerprint density at radius 3 is 2.45 bits per heavy atom. The Labute approximate surface area is 180 Å². The van der Waals surface area contributed by atoms with Crippen LogP contribution in [0, 0.1) is 17.7 Å². The molecule has 158 valence electrons. The molecule has 8 heteroatoms. The number of ether oxygens (including phenoxy) is 1. The molecule has 31 heavy (non-hydrogen) atoms. The van der Waals surface area contributed by atoms with Crippen LogP contribution in [0.25, 0.3) is 0 Å². The van der Waals surface area contributed by atoms with E-state index in [0.29, 0.717) is 29.7 Å². The summed E-state index contributed by atoms with van der Waals surface area (Å²) in [5, 5.41) is 18.3. The summed E-state index contributed by atoms with van der Waals surface area (Å²) < 4.78 is 5.94. The average molecular weight is 416 g/mol. The molecule has 0 saturated carbocycles. The molecule has 7 N–H and O–H groups in total. The second-order valence-electron chi connectivity index (χ2n) is 6.99. The second kappa shape index (κ2) is 9.53. The zero-order valence-electron chi connectivity index (χ0n) is 17.1. The van der Waals surface area contributed by atoms with Gasteiger partial charge in [0.1, 0.15) is 24.0 Å². The maximum Gasteiger partial charge on any atom is 0.172 e. The van der Waals surface area contributed by atoms with Crippen LogP contribution in [0.2, 0.25) is 0 Å². The van der Waals surface area contributed by atoms with E-state index in [1.165, 1.54) is 0 Å². The van der Waals surface area contributed by atoms with Crippen molar-refractivity contribution in [2.75, 3.05) is 5.32 Å². The first-order valence-electron chi connectivity index (χ1n) is 9.57. The highest BCUT2D eigenvalue weighted by molar-refractivity contribution is 5.95. The number of hydrogen-bond donors (Lipinski definition) is 5. The fourth-order valence-corrected chi connectivity index (χ4v) is 3.03. The van der Waals surface area contributed by atoms with Crippen LogP contribution in [0.4, 0.5) is 5.69 Å². The van der Waals surface area contributed by atoms with Crippen LogP contribution in [-0.4, -0.2) is 22.9 Å². The van der Waals surface area contributed by atoms with Crippen molar-refractivity contribution in [3.63, 3.8) is 0 Å². The summed E-state index contributed by atoms with van der Waals surface area (Å²) in [5.74, 6) is 0.429. The van der Waals surface area contributed by atoms with E-state index in [4.69, 9.17) is 27.0 Å². The van der Waals surface area contributed by atoms with Crippen LogP contribution >= 0.6 is 0 Å². The molecule has 0 atom stereocenters. The number of amidine groups is 2. The molecule has 0 bridgehead atoms. The highest BCUT2D eigenvalue weighted by Gasteiger charge is 2.13. The van der Waals surface area contributed by atoms with E-state index in [0.717, 1.165) is 22.4 Å². The Kier molecular flexibility index (Phi) is 6.61. The van der Waals surface area contributed by atoms with Crippen LogP contribution < -0.4 is 21.5 Å². The number of pyridine rings is 1. The zero-order chi connectivity index (χ0) is 22.4. The van der Waals surface area contributed by atoms with E-state index in [-0.39, 0.29) is 24.0 Å². The smallest absolute Gasteiger partial charge is 0.172 e. The number of hydrogen-bond acceptors (Lipinski definition) is 6. The number of nitrogen functional groups attached to an aromatic ring is 2. The minimum atomic E-state index is -0.0160. The van der Waals surface area contributed by atoms with Gasteiger partial charge >= 0.3 is 0 Å². The molecule has 2 aromatic carbocycles. The molecule has 0 aliphatic rings. The van der Waals surface area contributed by atoms with Gasteiger partial charge in [-0.1, -0.05) is 18.2 Å². The number of carbonyl (C=O) groups excluding carboxylic acids is 1. The molecule has 3 rings (SSSR count). The zero-order valence-corrected chi connectivity index (χ0v) is 17.1. The molecule has 0 spiro atoms. The molecule has 0 saturated heterocycles. The van der Waals surface area contributed by atoms with E-state index in [2.05, 4.69) is 10.3 Å². The molecule has 0 unspecified atom stereocenters. The third-order valence-corrected chi connectivity index (χ3v) is 4.83. The van der Waals surface area contributed by atoms with Gasteiger partial charge in [0.25, 0.3) is 0 Å². The lowest BCUT2D eigenvalue weighted by molar-refractivity contribution is 0.111. The van der Waals surface area contributed by atoms with Gasteiger partial charge in [-0.2, -0.15) is 0 Å². The normalized spacial score (nSPS) is 10.4. The van der Waals surface area contributed by atoms with Crippen molar-refractivity contribution >= 4 is 23.6 Å². The summed E-state index contributed by atoms with van der Waals surface area (Å²) >= 11 is 0. The van der Waals surface area contributed by atoms with E-state index in [9.17, 15) is 4.79 Å². The highest BCUT2D eigenvalue weighted by atomic mass is 16.5. The Morgan fingerprint density at radius 2 is 1.81 bits per heavy atom. The van der Waals surface area contributed by atoms with Gasteiger partial charge in [-0.05, 0) is 53.9 Å². The minimum Gasteiger partial charge on any atom is -0.486 e. The van der Waals surface area contributed by atoms with Crippen LogP contribution in [-0.2, 0) is 13.2 Å². The molecule has 1 heterocycles. The molecule has 1 aromatic heterocycles. The van der Waals surface area contributed by atoms with Crippen molar-refractivity contribution < 1.29 is 9.53 Å². The fourth-order valence-electron chi connectivity index (χ4n) is 3.03. The fraction of sp³-hybridized carbons (Fsp3) is 0.130. The number of nitrogens with one attached hydrogen (secondary N) is 3. The summed E-state index contributed by atoms with van der Waals surface area (Å²) in [6.45, 7) is 2.58. The Balaban J connectivity index is 1.75. The van der Waals surface area contributed by atoms with E-state index >= 15 is 0 Å². The van der Waals surface area contributed by atoms with Gasteiger partial charge < -0.3 is 21.5 Å². The van der Waals surface area contributed by atoms with Gasteiger partial charge in [-0.3, -0.25) is 15.6 Å². The number of nitrogens with two attached hydrogens (primary N) is 2. The third-order valence-electron chi connectivity index (χ3n) is 4.83. The first kappa shape index (κ1) is 21.5. The van der Waals surface area contributed by atoms with E-state index in [1.54, 1.807) is 36.5 Å². The number of rotatable bonds is 9. The predicted molar refractivity (Wildman–Crippen MR) is 121 cm³/mol. The maximum atomic E-state index is 11.5. The quantitative estimate of drug-likeness (QED) is 0.205. The maximum absolute atomic E-state index is 11.5. The minimum absolute atomic E-state index is 0.0160. The molecular formula is C23H24N6O2. The molecule has 0 aliphatic heterocycles. The molecule has 3 aromatic rings. The predicted octanol–water partition coefficient (Wildman–Crippen LogP) is 2.96. The number of aromatic nitrogens is 1. The summed E-state index contributed by atoms with van der Waals surface area (Å²) in [6, 6.07) is 14.4. The van der Waals surface area contributed by atoms with Crippen molar-refractivity contribution in [3.05, 3.63) is 88.2 Å². The van der Waals surface area contributed by atoms with Gasteiger partial charge in [0, 0.05) is 29.6 Å². The lowest BCUT2D eigenvalue weighted by atomic mass is 10.1. The first-order chi connectivity index (χ1) is 14.9. The van der Waals surface area contributed by atoms with Crippen molar-refractivity contribution in [3.8, 4) is 5.75 Å². The monoisotopic (exact) mass is 416 g/mol. The lowest BCUT2D eigenvalue weighted by Crippen LogP contribution is -2.12. The summed E-state index contributed by atoms with van der Waals surface area (Å²) in [7, 11) is 0. The topological polar surface area (TPSA) is 151 Å². The van der Waals surface area contributed by atoms with Gasteiger partial charge in [0.05, 0.1) is 0 Å². The van der Waals surface area contributed by atoms with Crippen LogP contribution in [0.1, 0.15) is 38.3 Å². The molecule has 0 aliphatic carbocycles. The van der Waals surface area contributed by atoms with E-state index in [1.807, 2.05) is 25.1 Å². The van der Waals surface area contributed by atoms with Gasteiger partial charge in [-0.25, -0.2) is 4.98 Å². The van der Waals surface area contributed by atoms with Gasteiger partial charge in [0.2, 0.25) is 0 Å². The number of aldehydes is 1. The summed E-state index contributed by atoms with van der Waals surface area (Å²) in [4.78, 5) is 15.7. The summed E-state index contributed by atoms with van der Waals surface area (Å²) in [5.41, 5.74) is 15.9. The van der Waals surface area contributed by atoms with E-state index < -0.39 is 0 Å². The Hall–Kier alpha value is -4.20. The molecule has 0 amide bonds. The largest absolute Gasteiger partial charge is 0.486 e. The second-order valence-corrected chi connectivity index (χ2v) is 6.99. The first-order valence-corrected chi connectivity index (χ1v) is 9.57. The average Bonchev–Trinajstić information content (AvgIpc) is 2.77. The number of anilines is 1. The molecule has 8 nitrogen and oxygen atoms in total. The molecule has 0 radical (unpaired) electrons. The summed E-state index contributed by atoms with van der Waals surface area (Å²) in [6.07, 6.45) is 2.32. The Morgan fingerprint density at radius 1 is 1.10 bits per heavy atom. The molecule has 0 fully saturated rings. The SMILES string of the molecule is Cc1c(CNc2ccc(C(=N)N)cc2)cnc(C=O)c1OCc1cccc(C(=N)N)c1. The standard InChI is InChI=1S/C23H24N6O2/c1-14-18(10-28-19-7-5-16(6-8-19)22(24)25)11-29-20(12-30)21(14)31-13-15-3-2-4-17(9-15)23(26)27/h2-9,11-12,28H,10,13H2,1H3,(H3,24,25)(H3,26,27). The van der Waals surface area contributed by atoms with Crippen molar-refractivity contribution in [2.24, 2.45) is 11.5 Å². The highest BCUT2D eigenvalue weighted by Crippen LogP contribution is 2.26. The van der Waals surface area contributed by atoms with Gasteiger partial charge in [-0.15, -0.1) is 0 Å². The molecular weight excluding hydrogens is 392 g/mol. The van der Waals surface area contributed by atoms with Crippen molar-refractivity contribution in [2.45, 2.75) is 20.1 Å². The number of benzene rings is 2. The number of nitrogens with zero attached hydrogens (tertiary/aromatic N) is 1. The Bertz CT molecular complexity index is 1130. The van der Waals surface area contributed by atoms with Crippen LogP contribution in [0.3, 0.4) is 0 Å². The van der Waals surface area contributed by atoms with Gasteiger partial charge in [0.15, 0.2) is 12.0 Å². The third kappa shape index (κ3) is 5.24. The van der Waals surface area contributed by atoms with Crippen molar-refractivity contribution in [1.82, 2.24) is 4.98 Å². The number of carbonyl (C=O) groups is 1. The van der Waals surface area contributed by atoms with Crippen LogP contribution in [0.15, 0.2) is 54.7 Å². The van der Waals surface area contributed by atoms with Crippen LogP contribution in [0.5, 0.6) is 5.75 Å². The lowest BCUT2D eigenvalue weighted by Gasteiger charge is -2.15.